The summed E-state index contributed by atoms with van der Waals surface area (Å²) in [5.74, 6) is -0.619. The molecule has 2 N–H and O–H groups in total. The molecule has 1 unspecified atom stereocenters. The number of urea groups is 1. The van der Waals surface area contributed by atoms with E-state index in [1.807, 2.05) is 0 Å². The van der Waals surface area contributed by atoms with Gasteiger partial charge in [-0.2, -0.15) is 0 Å². The second kappa shape index (κ2) is 8.12. The molecule has 0 radical (unpaired) electrons. The Balaban J connectivity index is 1.32. The maximum absolute atomic E-state index is 12.6. The number of carbonyl (C=O) groups excluding carboxylic acids is 3. The van der Waals surface area contributed by atoms with Gasteiger partial charge in [-0.25, -0.2) is 4.79 Å². The van der Waals surface area contributed by atoms with Crippen molar-refractivity contribution in [1.82, 2.24) is 20.0 Å². The summed E-state index contributed by atoms with van der Waals surface area (Å²) in [7, 11) is 0. The van der Waals surface area contributed by atoms with Crippen molar-refractivity contribution in [2.24, 2.45) is 0 Å². The van der Waals surface area contributed by atoms with Crippen LogP contribution in [0, 0.1) is 0 Å². The Morgan fingerprint density at radius 3 is 2.66 bits per heavy atom. The van der Waals surface area contributed by atoms with Crippen molar-refractivity contribution >= 4 is 17.8 Å². The van der Waals surface area contributed by atoms with Gasteiger partial charge in [0, 0.05) is 32.7 Å². The number of benzene rings is 1. The highest BCUT2D eigenvalue weighted by Gasteiger charge is 2.36. The summed E-state index contributed by atoms with van der Waals surface area (Å²) < 4.78 is 0. The molecule has 0 saturated carbocycles. The average molecular weight is 400 g/mol. The van der Waals surface area contributed by atoms with E-state index < -0.39 is 11.6 Å². The Kier molecular flexibility index (Phi) is 5.56. The largest absolute Gasteiger partial charge is 0.388 e. The van der Waals surface area contributed by atoms with Crippen molar-refractivity contribution in [1.29, 1.82) is 0 Å². The van der Waals surface area contributed by atoms with Crippen LogP contribution in [0.3, 0.4) is 0 Å². The first-order valence-corrected chi connectivity index (χ1v) is 10.3. The highest BCUT2D eigenvalue weighted by molar-refractivity contribution is 6.04. The summed E-state index contributed by atoms with van der Waals surface area (Å²) in [6.07, 6.45) is 2.82. The van der Waals surface area contributed by atoms with Gasteiger partial charge in [-0.15, -0.1) is 0 Å². The number of fused-ring (bicyclic) bond motifs is 1. The molecule has 0 aliphatic carbocycles. The van der Waals surface area contributed by atoms with E-state index in [2.05, 4.69) is 34.5 Å². The smallest absolute Gasteiger partial charge is 0.325 e. The molecule has 0 aromatic heterocycles. The maximum Gasteiger partial charge on any atom is 0.325 e. The number of likely N-dealkylation sites (tertiary alicyclic amines) is 1. The van der Waals surface area contributed by atoms with Crippen LogP contribution < -0.4 is 5.32 Å². The zero-order valence-corrected chi connectivity index (χ0v) is 16.6. The van der Waals surface area contributed by atoms with E-state index in [4.69, 9.17) is 0 Å². The number of nitrogens with one attached hydrogen (secondary N) is 1. The van der Waals surface area contributed by atoms with Crippen LogP contribution in [0.15, 0.2) is 24.3 Å². The molecule has 3 aliphatic rings. The number of β-amino-alcohol motifs (C(OH)–C–C–N with tert-alkyl or cyclic N) is 1. The summed E-state index contributed by atoms with van der Waals surface area (Å²) in [4.78, 5) is 40.9. The van der Waals surface area contributed by atoms with Gasteiger partial charge in [-0.1, -0.05) is 24.3 Å². The van der Waals surface area contributed by atoms with Gasteiger partial charge in [0.25, 0.3) is 5.91 Å². The third-order valence-electron chi connectivity index (χ3n) is 6.23. The fourth-order valence-corrected chi connectivity index (χ4v) is 4.54. The molecular formula is C21H28N4O4. The Bertz CT molecular complexity index is 798. The molecule has 1 aromatic carbocycles. The number of hydrogen-bond donors (Lipinski definition) is 2. The first-order chi connectivity index (χ1) is 13.9. The minimum Gasteiger partial charge on any atom is -0.388 e. The van der Waals surface area contributed by atoms with Gasteiger partial charge < -0.3 is 15.3 Å². The van der Waals surface area contributed by atoms with Gasteiger partial charge in [0.1, 0.15) is 6.54 Å². The van der Waals surface area contributed by atoms with Crippen LogP contribution in [-0.4, -0.2) is 82.5 Å². The van der Waals surface area contributed by atoms with Crippen molar-refractivity contribution in [2.45, 2.75) is 37.8 Å². The molecule has 8 heteroatoms. The van der Waals surface area contributed by atoms with Crippen LogP contribution in [0.5, 0.6) is 0 Å². The normalized spacial score (nSPS) is 25.6. The van der Waals surface area contributed by atoms with E-state index in [9.17, 15) is 19.5 Å². The van der Waals surface area contributed by atoms with Crippen LogP contribution >= 0.6 is 0 Å². The average Bonchev–Trinajstić information content (AvgIpc) is 2.90. The zero-order chi connectivity index (χ0) is 20.4. The minimum atomic E-state index is -0.831. The van der Waals surface area contributed by atoms with Crippen molar-refractivity contribution in [3.63, 3.8) is 0 Å². The summed E-state index contributed by atoms with van der Waals surface area (Å²) in [6, 6.07) is 7.92. The van der Waals surface area contributed by atoms with Gasteiger partial charge >= 0.3 is 6.03 Å². The molecule has 2 fully saturated rings. The van der Waals surface area contributed by atoms with Gasteiger partial charge in [0.2, 0.25) is 5.91 Å². The number of hydrogen-bond acceptors (Lipinski definition) is 5. The van der Waals surface area contributed by atoms with Crippen LogP contribution in [-0.2, 0) is 22.6 Å². The highest BCUT2D eigenvalue weighted by Crippen LogP contribution is 2.27. The monoisotopic (exact) mass is 400 g/mol. The first-order valence-electron chi connectivity index (χ1n) is 10.3. The van der Waals surface area contributed by atoms with Gasteiger partial charge in [0.15, 0.2) is 0 Å². The summed E-state index contributed by atoms with van der Waals surface area (Å²) in [5.41, 5.74) is 1.87. The van der Waals surface area contributed by atoms with E-state index in [1.54, 1.807) is 4.90 Å². The molecule has 1 aromatic rings. The van der Waals surface area contributed by atoms with Crippen LogP contribution in [0.1, 0.15) is 30.4 Å². The van der Waals surface area contributed by atoms with Crippen molar-refractivity contribution in [3.05, 3.63) is 35.4 Å². The molecule has 3 aliphatic heterocycles. The lowest BCUT2D eigenvalue weighted by atomic mass is 9.92. The maximum atomic E-state index is 12.6. The number of imide groups is 1. The lowest BCUT2D eigenvalue weighted by Gasteiger charge is -2.36. The molecule has 0 bridgehead atoms. The third-order valence-corrected chi connectivity index (χ3v) is 6.23. The third kappa shape index (κ3) is 4.43. The Labute approximate surface area is 170 Å². The second-order valence-corrected chi connectivity index (χ2v) is 8.33. The number of amides is 4. The lowest BCUT2D eigenvalue weighted by molar-refractivity contribution is -0.136. The fourth-order valence-electron chi connectivity index (χ4n) is 4.54. The molecule has 4 amide bonds. The molecule has 1 atom stereocenters. The molecule has 0 spiro atoms. The van der Waals surface area contributed by atoms with Crippen molar-refractivity contribution in [3.8, 4) is 0 Å². The second-order valence-electron chi connectivity index (χ2n) is 8.33. The zero-order valence-electron chi connectivity index (χ0n) is 16.6. The van der Waals surface area contributed by atoms with E-state index in [-0.39, 0.29) is 24.9 Å². The van der Waals surface area contributed by atoms with Crippen LogP contribution in [0.25, 0.3) is 0 Å². The molecule has 4 rings (SSSR count). The predicted octanol–water partition coefficient (Wildman–Crippen LogP) is 0.340. The molecule has 156 valence electrons. The van der Waals surface area contributed by atoms with Crippen molar-refractivity contribution < 1.29 is 19.5 Å². The molecular weight excluding hydrogens is 372 g/mol. The van der Waals surface area contributed by atoms with Crippen molar-refractivity contribution in [2.75, 3.05) is 39.3 Å². The molecule has 29 heavy (non-hydrogen) atoms. The number of aliphatic hydroxyl groups is 1. The molecule has 2 saturated heterocycles. The minimum absolute atomic E-state index is 0.0508. The quantitative estimate of drug-likeness (QED) is 0.711. The summed E-state index contributed by atoms with van der Waals surface area (Å²) in [6.45, 7) is 3.05. The fraction of sp³-hybridized carbons (Fsp3) is 0.571. The number of rotatable bonds is 4. The van der Waals surface area contributed by atoms with E-state index in [1.165, 1.54) is 11.1 Å². The number of nitrogens with zero attached hydrogens (tertiary/aromatic N) is 3. The van der Waals surface area contributed by atoms with E-state index >= 15 is 0 Å². The standard InChI is InChI=1S/C21H28N4O4/c26-18-12-22-20(28)25(18)14-19(27)24-9-3-7-21(29,8-11-24)15-23-10-6-16-4-1-2-5-17(16)13-23/h1-2,4-5,29H,3,6-15H2,(H,22,28). The Morgan fingerprint density at radius 2 is 1.90 bits per heavy atom. The summed E-state index contributed by atoms with van der Waals surface area (Å²) in [5, 5.41) is 13.6. The SMILES string of the molecule is O=C(CN1C(=O)CNC1=O)N1CCCC(O)(CN2CCc3ccccc3C2)CC1. The lowest BCUT2D eigenvalue weighted by Crippen LogP contribution is -2.46. The van der Waals surface area contributed by atoms with Crippen LogP contribution in [0.4, 0.5) is 4.79 Å². The Hall–Kier alpha value is -2.45. The molecule has 8 nitrogen and oxygen atoms in total. The van der Waals surface area contributed by atoms with Gasteiger partial charge in [0.05, 0.1) is 12.1 Å². The molecule has 3 heterocycles. The Morgan fingerprint density at radius 1 is 1.10 bits per heavy atom. The highest BCUT2D eigenvalue weighted by atomic mass is 16.3. The van der Waals surface area contributed by atoms with Crippen LogP contribution in [0.2, 0.25) is 0 Å². The topological polar surface area (TPSA) is 93.2 Å². The predicted molar refractivity (Wildman–Crippen MR) is 106 cm³/mol. The van der Waals surface area contributed by atoms with Gasteiger partial charge in [-0.05, 0) is 36.8 Å². The van der Waals surface area contributed by atoms with Gasteiger partial charge in [-0.3, -0.25) is 19.4 Å². The summed E-state index contributed by atoms with van der Waals surface area (Å²) >= 11 is 0. The van der Waals surface area contributed by atoms with E-state index in [0.717, 1.165) is 24.4 Å². The first kappa shape index (κ1) is 19.8. The number of carbonyl (C=O) groups is 3. The van der Waals surface area contributed by atoms with E-state index in [0.29, 0.717) is 38.9 Å².